The normalized spacial score (nSPS) is 13.3. The molecule has 0 saturated carbocycles. The fourth-order valence-corrected chi connectivity index (χ4v) is 1.72. The minimum Gasteiger partial charge on any atom is -0.341 e. The zero-order valence-corrected chi connectivity index (χ0v) is 9.73. The van der Waals surface area contributed by atoms with Crippen molar-refractivity contribution in [2.24, 2.45) is 5.73 Å². The first kappa shape index (κ1) is 10.7. The van der Waals surface area contributed by atoms with Crippen LogP contribution in [0.5, 0.6) is 0 Å². The molecule has 1 aromatic carbocycles. The molecule has 0 spiro atoms. The Kier molecular flexibility index (Phi) is 2.87. The smallest absolute Gasteiger partial charge is 0.124 e. The van der Waals surface area contributed by atoms with Crippen molar-refractivity contribution in [2.45, 2.75) is 19.4 Å². The van der Waals surface area contributed by atoms with E-state index in [1.807, 2.05) is 6.92 Å². The van der Waals surface area contributed by atoms with Crippen molar-refractivity contribution in [1.82, 2.24) is 9.97 Å². The summed E-state index contributed by atoms with van der Waals surface area (Å²) in [6.07, 6.45) is 0.835. The molecule has 5 heteroatoms. The van der Waals surface area contributed by atoms with Crippen molar-refractivity contribution in [3.63, 3.8) is 0 Å². The van der Waals surface area contributed by atoms with Crippen molar-refractivity contribution in [3.8, 4) is 0 Å². The molecule has 0 saturated heterocycles. The van der Waals surface area contributed by atoms with E-state index < -0.39 is 0 Å². The number of hydrogen-bond donors (Lipinski definition) is 2. The van der Waals surface area contributed by atoms with Gasteiger partial charge in [-0.15, -0.1) is 0 Å². The van der Waals surface area contributed by atoms with E-state index in [0.717, 1.165) is 23.3 Å². The summed E-state index contributed by atoms with van der Waals surface area (Å²) in [5.41, 5.74) is 7.53. The maximum absolute atomic E-state index is 5.90. The summed E-state index contributed by atoms with van der Waals surface area (Å²) in [5, 5.41) is 1.02. The van der Waals surface area contributed by atoms with Gasteiger partial charge >= 0.3 is 0 Å². The summed E-state index contributed by atoms with van der Waals surface area (Å²) in [6, 6.07) is 3.43. The number of halogens is 2. The maximum atomic E-state index is 5.90. The highest BCUT2D eigenvalue weighted by molar-refractivity contribution is 6.42. The van der Waals surface area contributed by atoms with Crippen LogP contribution >= 0.6 is 23.2 Å². The molecule has 0 fully saturated rings. The topological polar surface area (TPSA) is 54.7 Å². The summed E-state index contributed by atoms with van der Waals surface area (Å²) < 4.78 is 0. The summed E-state index contributed by atoms with van der Waals surface area (Å²) in [7, 11) is 0. The van der Waals surface area contributed by atoms with E-state index in [2.05, 4.69) is 9.97 Å². The summed E-state index contributed by atoms with van der Waals surface area (Å²) >= 11 is 11.8. The monoisotopic (exact) mass is 243 g/mol. The first-order chi connectivity index (χ1) is 7.11. The van der Waals surface area contributed by atoms with Crippen molar-refractivity contribution in [3.05, 3.63) is 28.0 Å². The lowest BCUT2D eigenvalue weighted by molar-refractivity contribution is 0.660. The zero-order valence-electron chi connectivity index (χ0n) is 8.22. The fraction of sp³-hybridized carbons (Fsp3) is 0.300. The van der Waals surface area contributed by atoms with Crippen LogP contribution in [0.2, 0.25) is 10.0 Å². The van der Waals surface area contributed by atoms with Crippen molar-refractivity contribution < 1.29 is 0 Å². The van der Waals surface area contributed by atoms with Gasteiger partial charge in [-0.2, -0.15) is 0 Å². The van der Waals surface area contributed by atoms with Crippen molar-refractivity contribution >= 4 is 34.2 Å². The van der Waals surface area contributed by atoms with Gasteiger partial charge in [-0.05, 0) is 18.6 Å². The highest BCUT2D eigenvalue weighted by Gasteiger charge is 2.10. The first-order valence-electron chi connectivity index (χ1n) is 4.72. The van der Waals surface area contributed by atoms with E-state index in [1.54, 1.807) is 12.1 Å². The van der Waals surface area contributed by atoms with Gasteiger partial charge in [0.05, 0.1) is 27.1 Å². The molecule has 1 unspecified atom stereocenters. The molecule has 1 heterocycles. The number of aromatic nitrogens is 2. The number of hydrogen-bond acceptors (Lipinski definition) is 2. The molecule has 0 aliphatic heterocycles. The second-order valence-electron chi connectivity index (χ2n) is 3.42. The molecular weight excluding hydrogens is 233 g/mol. The zero-order chi connectivity index (χ0) is 11.0. The fourth-order valence-electron chi connectivity index (χ4n) is 1.39. The van der Waals surface area contributed by atoms with E-state index in [9.17, 15) is 0 Å². The predicted molar refractivity (Wildman–Crippen MR) is 63.3 cm³/mol. The number of aromatic amines is 1. The third-order valence-electron chi connectivity index (χ3n) is 2.33. The summed E-state index contributed by atoms with van der Waals surface area (Å²) in [5.74, 6) is 0.769. The summed E-state index contributed by atoms with van der Waals surface area (Å²) in [6.45, 7) is 2.01. The highest BCUT2D eigenvalue weighted by Crippen LogP contribution is 2.27. The Morgan fingerprint density at radius 3 is 2.73 bits per heavy atom. The Labute approximate surface area is 97.6 Å². The molecule has 1 aromatic heterocycles. The molecule has 80 valence electrons. The average Bonchev–Trinajstić information content (AvgIpc) is 2.60. The van der Waals surface area contributed by atoms with Crippen molar-refractivity contribution in [2.75, 3.05) is 0 Å². The minimum absolute atomic E-state index is 0.0741. The molecule has 15 heavy (non-hydrogen) atoms. The van der Waals surface area contributed by atoms with Crippen LogP contribution in [0.3, 0.4) is 0 Å². The number of rotatable bonds is 2. The molecule has 0 bridgehead atoms. The van der Waals surface area contributed by atoms with Gasteiger partial charge in [0.1, 0.15) is 5.82 Å². The van der Waals surface area contributed by atoms with Gasteiger partial charge in [-0.1, -0.05) is 30.1 Å². The average molecular weight is 244 g/mol. The van der Waals surface area contributed by atoms with E-state index in [4.69, 9.17) is 28.9 Å². The van der Waals surface area contributed by atoms with Gasteiger partial charge in [0.15, 0.2) is 0 Å². The number of imidazole rings is 1. The number of nitrogens with one attached hydrogen (secondary N) is 1. The van der Waals surface area contributed by atoms with E-state index >= 15 is 0 Å². The molecule has 0 radical (unpaired) electrons. The molecule has 2 aromatic rings. The Morgan fingerprint density at radius 1 is 1.40 bits per heavy atom. The van der Waals surface area contributed by atoms with Crippen LogP contribution in [0.1, 0.15) is 25.2 Å². The Balaban J connectivity index is 2.56. The molecule has 1 atom stereocenters. The summed E-state index contributed by atoms with van der Waals surface area (Å²) in [4.78, 5) is 7.50. The third-order valence-corrected chi connectivity index (χ3v) is 3.06. The lowest BCUT2D eigenvalue weighted by atomic mass is 10.2. The second-order valence-corrected chi connectivity index (χ2v) is 4.23. The number of nitrogens with zero attached hydrogens (tertiary/aromatic N) is 1. The Bertz CT molecular complexity index is 454. The van der Waals surface area contributed by atoms with Crippen LogP contribution in [0, 0.1) is 0 Å². The quantitative estimate of drug-likeness (QED) is 0.851. The van der Waals surface area contributed by atoms with Crippen molar-refractivity contribution in [1.29, 1.82) is 0 Å². The maximum Gasteiger partial charge on any atom is 0.124 e. The molecule has 0 amide bonds. The Hall–Kier alpha value is -0.770. The van der Waals surface area contributed by atoms with Gasteiger partial charge in [0, 0.05) is 0 Å². The van der Waals surface area contributed by atoms with Crippen LogP contribution < -0.4 is 5.73 Å². The first-order valence-corrected chi connectivity index (χ1v) is 5.47. The number of benzene rings is 1. The molecule has 3 N–H and O–H groups in total. The van der Waals surface area contributed by atoms with Gasteiger partial charge in [0.2, 0.25) is 0 Å². The molecule has 0 aliphatic rings. The van der Waals surface area contributed by atoms with Gasteiger partial charge in [0.25, 0.3) is 0 Å². The molecular formula is C10H11Cl2N3. The molecule has 3 nitrogen and oxygen atoms in total. The number of fused-ring (bicyclic) bond motifs is 1. The standard InChI is InChI=1S/C10H11Cl2N3/c1-2-7(13)10-14-8-3-5(11)6(12)4-9(8)15-10/h3-4,7H,2,13H2,1H3,(H,14,15). The van der Waals surface area contributed by atoms with Gasteiger partial charge in [-0.25, -0.2) is 4.98 Å². The van der Waals surface area contributed by atoms with Crippen LogP contribution in [0.4, 0.5) is 0 Å². The van der Waals surface area contributed by atoms with Crippen LogP contribution in [0.25, 0.3) is 11.0 Å². The minimum atomic E-state index is -0.0741. The van der Waals surface area contributed by atoms with Gasteiger partial charge < -0.3 is 10.7 Å². The number of H-pyrrole nitrogens is 1. The SMILES string of the molecule is CCC(N)c1nc2cc(Cl)c(Cl)cc2[nH]1. The largest absolute Gasteiger partial charge is 0.341 e. The highest BCUT2D eigenvalue weighted by atomic mass is 35.5. The number of nitrogens with two attached hydrogens (primary N) is 1. The van der Waals surface area contributed by atoms with Gasteiger partial charge in [-0.3, -0.25) is 0 Å². The lowest BCUT2D eigenvalue weighted by Gasteiger charge is -2.02. The van der Waals surface area contributed by atoms with E-state index in [-0.39, 0.29) is 6.04 Å². The molecule has 0 aliphatic carbocycles. The Morgan fingerprint density at radius 2 is 2.07 bits per heavy atom. The van der Waals surface area contributed by atoms with E-state index in [1.165, 1.54) is 0 Å². The van der Waals surface area contributed by atoms with Crippen LogP contribution in [-0.4, -0.2) is 9.97 Å². The predicted octanol–water partition coefficient (Wildman–Crippen LogP) is 3.28. The van der Waals surface area contributed by atoms with E-state index in [0.29, 0.717) is 10.0 Å². The van der Waals surface area contributed by atoms with Crippen LogP contribution in [-0.2, 0) is 0 Å². The van der Waals surface area contributed by atoms with Crippen LogP contribution in [0.15, 0.2) is 12.1 Å². The third kappa shape index (κ3) is 1.95. The molecule has 2 rings (SSSR count). The lowest BCUT2D eigenvalue weighted by Crippen LogP contribution is -2.10. The second kappa shape index (κ2) is 4.00.